The van der Waals surface area contributed by atoms with Gasteiger partial charge in [-0.1, -0.05) is 62.9 Å². The Morgan fingerprint density at radius 2 is 1.59 bits per heavy atom. The van der Waals surface area contributed by atoms with E-state index in [0.29, 0.717) is 18.6 Å². The largest absolute Gasteiger partial charge is 0.493 e. The topological polar surface area (TPSA) is 65.1 Å². The Hall–Kier alpha value is -2.86. The first-order valence-corrected chi connectivity index (χ1v) is 13.8. The molecule has 0 saturated carbocycles. The molecule has 0 unspecified atom stereocenters. The molecule has 0 spiro atoms. The summed E-state index contributed by atoms with van der Waals surface area (Å²) in [6.07, 6.45) is 9.15. The zero-order chi connectivity index (χ0) is 26.7. The van der Waals surface area contributed by atoms with E-state index in [1.165, 1.54) is 38.4 Å². The number of unbranched alkanes of at least 4 members (excludes halogenated alkanes) is 5. The quantitative estimate of drug-likeness (QED) is 0.156. The van der Waals surface area contributed by atoms with Crippen LogP contribution in [0.3, 0.4) is 0 Å². The first kappa shape index (κ1) is 30.4. The lowest BCUT2D eigenvalue weighted by atomic mass is 10.1. The maximum Gasteiger partial charge on any atom is 0.337 e. The molecule has 0 aliphatic rings. The monoisotopic (exact) mass is 511 g/mol. The van der Waals surface area contributed by atoms with Gasteiger partial charge in [0.15, 0.2) is 0 Å². The Morgan fingerprint density at radius 3 is 2.32 bits per heavy atom. The normalized spacial score (nSPS) is 10.9. The molecule has 204 valence electrons. The lowest BCUT2D eigenvalue weighted by molar-refractivity contribution is -0.143. The molecule has 0 aliphatic heterocycles. The smallest absolute Gasteiger partial charge is 0.337 e. The van der Waals surface area contributed by atoms with Crippen LogP contribution >= 0.6 is 0 Å². The Balaban J connectivity index is 1.96. The van der Waals surface area contributed by atoms with Crippen LogP contribution in [0.2, 0.25) is 0 Å². The molecule has 2 aromatic rings. The highest BCUT2D eigenvalue weighted by Crippen LogP contribution is 2.20. The summed E-state index contributed by atoms with van der Waals surface area (Å²) in [5.74, 6) is 0.514. The van der Waals surface area contributed by atoms with E-state index in [2.05, 4.69) is 30.0 Å². The molecular formula is C31H45NO5. The number of hydrogen-bond donors (Lipinski definition) is 0. The van der Waals surface area contributed by atoms with E-state index in [1.807, 2.05) is 37.3 Å². The number of rotatable bonds is 19. The zero-order valence-electron chi connectivity index (χ0n) is 23.0. The van der Waals surface area contributed by atoms with Crippen molar-refractivity contribution in [1.29, 1.82) is 0 Å². The maximum atomic E-state index is 11.8. The molecule has 6 heteroatoms. The molecule has 0 radical (unpaired) electrons. The van der Waals surface area contributed by atoms with E-state index in [0.717, 1.165) is 63.2 Å². The lowest BCUT2D eigenvalue weighted by Crippen LogP contribution is -2.27. The van der Waals surface area contributed by atoms with E-state index in [1.54, 1.807) is 0 Å². The van der Waals surface area contributed by atoms with E-state index < -0.39 is 0 Å². The number of carbonyl (C=O) groups is 2. The molecular weight excluding hydrogens is 466 g/mol. The molecule has 6 nitrogen and oxygen atoms in total. The van der Waals surface area contributed by atoms with Crippen molar-refractivity contribution in [3.8, 4) is 5.75 Å². The second-order valence-corrected chi connectivity index (χ2v) is 9.35. The predicted octanol–water partition coefficient (Wildman–Crippen LogP) is 6.60. The minimum absolute atomic E-state index is 0.131. The van der Waals surface area contributed by atoms with Gasteiger partial charge in [-0.2, -0.15) is 0 Å². The zero-order valence-corrected chi connectivity index (χ0v) is 23.0. The van der Waals surface area contributed by atoms with Gasteiger partial charge in [0.2, 0.25) is 0 Å². The van der Waals surface area contributed by atoms with Crippen molar-refractivity contribution in [3.63, 3.8) is 0 Å². The highest BCUT2D eigenvalue weighted by molar-refractivity contribution is 5.89. The van der Waals surface area contributed by atoms with Gasteiger partial charge in [0.1, 0.15) is 5.75 Å². The van der Waals surface area contributed by atoms with Crippen molar-refractivity contribution in [2.45, 2.75) is 78.2 Å². The van der Waals surface area contributed by atoms with Gasteiger partial charge in [-0.3, -0.25) is 9.69 Å². The molecule has 2 aromatic carbocycles. The van der Waals surface area contributed by atoms with Crippen LogP contribution in [-0.2, 0) is 27.2 Å². The predicted molar refractivity (Wildman–Crippen MR) is 148 cm³/mol. The molecule has 0 N–H and O–H groups in total. The van der Waals surface area contributed by atoms with Crippen LogP contribution in [0.25, 0.3) is 0 Å². The van der Waals surface area contributed by atoms with E-state index in [9.17, 15) is 9.59 Å². The molecule has 37 heavy (non-hydrogen) atoms. The van der Waals surface area contributed by atoms with Gasteiger partial charge in [-0.25, -0.2) is 4.79 Å². The van der Waals surface area contributed by atoms with Crippen LogP contribution in [0.5, 0.6) is 5.75 Å². The molecule has 0 heterocycles. The highest BCUT2D eigenvalue weighted by Gasteiger charge is 2.12. The summed E-state index contributed by atoms with van der Waals surface area (Å²) in [5.41, 5.74) is 2.90. The van der Waals surface area contributed by atoms with Gasteiger partial charge in [-0.05, 0) is 68.5 Å². The maximum absolute atomic E-state index is 11.8. The number of ether oxygens (including phenoxy) is 3. The molecule has 0 aromatic heterocycles. The van der Waals surface area contributed by atoms with Gasteiger partial charge in [0.05, 0.1) is 25.9 Å². The standard InChI is InChI=1S/C31H45NO5/c1-4-6-7-8-13-24-37-29-15-10-9-14-27(29)21-23-32(22-12-11-16-30(33)36-5-2)25-26-17-19-28(20-18-26)31(34)35-3/h9-10,14-15,17-20H,4-8,11-13,16,21-25H2,1-3H3. The molecule has 0 bridgehead atoms. The Bertz CT molecular complexity index is 912. The Morgan fingerprint density at radius 1 is 0.838 bits per heavy atom. The summed E-state index contributed by atoms with van der Waals surface area (Å²) >= 11 is 0. The molecule has 0 aliphatic carbocycles. The summed E-state index contributed by atoms with van der Waals surface area (Å²) < 4.78 is 16.0. The van der Waals surface area contributed by atoms with Crippen LogP contribution < -0.4 is 4.74 Å². The van der Waals surface area contributed by atoms with Crippen molar-refractivity contribution < 1.29 is 23.8 Å². The van der Waals surface area contributed by atoms with Crippen molar-refractivity contribution in [2.75, 3.05) is 33.4 Å². The van der Waals surface area contributed by atoms with Crippen LogP contribution in [0.15, 0.2) is 48.5 Å². The number of methoxy groups -OCH3 is 1. The van der Waals surface area contributed by atoms with Gasteiger partial charge < -0.3 is 14.2 Å². The fourth-order valence-corrected chi connectivity index (χ4v) is 4.25. The summed E-state index contributed by atoms with van der Waals surface area (Å²) in [7, 11) is 1.39. The van der Waals surface area contributed by atoms with Gasteiger partial charge in [-0.15, -0.1) is 0 Å². The summed E-state index contributed by atoms with van der Waals surface area (Å²) in [6.45, 7) is 7.75. The van der Waals surface area contributed by atoms with E-state index >= 15 is 0 Å². The molecule has 0 amide bonds. The molecule has 2 rings (SSSR count). The van der Waals surface area contributed by atoms with Crippen LogP contribution in [0, 0.1) is 0 Å². The average Bonchev–Trinajstić information content (AvgIpc) is 2.92. The first-order chi connectivity index (χ1) is 18.1. The number of esters is 2. The van der Waals surface area contributed by atoms with Gasteiger partial charge >= 0.3 is 11.9 Å². The number of carbonyl (C=O) groups excluding carboxylic acids is 2. The minimum Gasteiger partial charge on any atom is -0.493 e. The molecule has 0 atom stereocenters. The lowest BCUT2D eigenvalue weighted by Gasteiger charge is -2.23. The minimum atomic E-state index is -0.329. The van der Waals surface area contributed by atoms with E-state index in [-0.39, 0.29) is 11.9 Å². The van der Waals surface area contributed by atoms with Crippen LogP contribution in [0.1, 0.15) is 86.7 Å². The second-order valence-electron chi connectivity index (χ2n) is 9.35. The summed E-state index contributed by atoms with van der Waals surface area (Å²) in [6, 6.07) is 15.9. The number of para-hydroxylation sites is 1. The van der Waals surface area contributed by atoms with Crippen molar-refractivity contribution in [2.24, 2.45) is 0 Å². The number of hydrogen-bond acceptors (Lipinski definition) is 6. The number of nitrogens with zero attached hydrogens (tertiary/aromatic N) is 1. The summed E-state index contributed by atoms with van der Waals surface area (Å²) in [5, 5.41) is 0. The third kappa shape index (κ3) is 12.3. The van der Waals surface area contributed by atoms with Crippen molar-refractivity contribution in [1.82, 2.24) is 4.90 Å². The summed E-state index contributed by atoms with van der Waals surface area (Å²) in [4.78, 5) is 25.9. The molecule has 0 fully saturated rings. The van der Waals surface area contributed by atoms with Crippen LogP contribution in [-0.4, -0.2) is 50.3 Å². The van der Waals surface area contributed by atoms with Crippen molar-refractivity contribution in [3.05, 3.63) is 65.2 Å². The second kappa shape index (κ2) is 18.4. The van der Waals surface area contributed by atoms with Gasteiger partial charge in [0, 0.05) is 19.5 Å². The first-order valence-electron chi connectivity index (χ1n) is 13.8. The third-order valence-corrected chi connectivity index (χ3v) is 6.37. The third-order valence-electron chi connectivity index (χ3n) is 6.37. The number of benzene rings is 2. The fraction of sp³-hybridized carbons (Fsp3) is 0.548. The average molecular weight is 512 g/mol. The molecule has 0 saturated heterocycles. The van der Waals surface area contributed by atoms with E-state index in [4.69, 9.17) is 14.2 Å². The highest BCUT2D eigenvalue weighted by atomic mass is 16.5. The van der Waals surface area contributed by atoms with Crippen LogP contribution in [0.4, 0.5) is 0 Å². The van der Waals surface area contributed by atoms with Crippen molar-refractivity contribution >= 4 is 11.9 Å². The Kier molecular flexibility index (Phi) is 15.1. The van der Waals surface area contributed by atoms with Gasteiger partial charge in [0.25, 0.3) is 0 Å². The Labute approximate surface area is 223 Å². The fourth-order valence-electron chi connectivity index (χ4n) is 4.25. The SMILES string of the molecule is CCCCCCCOc1ccccc1CCN(CCCCC(=O)OCC)Cc1ccc(C(=O)OC)cc1.